The van der Waals surface area contributed by atoms with Gasteiger partial charge in [0.2, 0.25) is 0 Å². The predicted molar refractivity (Wildman–Crippen MR) is 100 cm³/mol. The van der Waals surface area contributed by atoms with E-state index in [1.165, 1.54) is 10.7 Å². The summed E-state index contributed by atoms with van der Waals surface area (Å²) in [7, 11) is 0. The average Bonchev–Trinajstić information content (AvgIpc) is 3.11. The Bertz CT molecular complexity index is 919. The predicted octanol–water partition coefficient (Wildman–Crippen LogP) is 3.10. The zero-order chi connectivity index (χ0) is 17.6. The molecule has 0 aliphatic rings. The lowest BCUT2D eigenvalue weighted by molar-refractivity contribution is 0.251. The van der Waals surface area contributed by atoms with Gasteiger partial charge in [-0.3, -0.25) is 4.79 Å². The largest absolute Gasteiger partial charge is 0.336 e. The quantitative estimate of drug-likeness (QED) is 0.739. The topological polar surface area (TPSA) is 76.0 Å². The second-order valence-electron chi connectivity index (χ2n) is 5.51. The van der Waals surface area contributed by atoms with E-state index in [1.807, 2.05) is 48.7 Å². The van der Waals surface area contributed by atoms with E-state index in [-0.39, 0.29) is 11.6 Å². The number of amides is 2. The number of urea groups is 1. The molecule has 0 spiro atoms. The van der Waals surface area contributed by atoms with Crippen LogP contribution in [0.1, 0.15) is 5.56 Å². The summed E-state index contributed by atoms with van der Waals surface area (Å²) in [6, 6.07) is 14.3. The number of nitrogens with zero attached hydrogens (tertiary/aromatic N) is 2. The molecule has 7 heteroatoms. The molecule has 0 radical (unpaired) electrons. The van der Waals surface area contributed by atoms with Crippen molar-refractivity contribution in [1.29, 1.82) is 0 Å². The molecule has 2 N–H and O–H groups in total. The van der Waals surface area contributed by atoms with Gasteiger partial charge in [-0.25, -0.2) is 9.48 Å². The summed E-state index contributed by atoms with van der Waals surface area (Å²) in [6.45, 7) is 2.57. The minimum absolute atomic E-state index is 0.193. The van der Waals surface area contributed by atoms with E-state index in [2.05, 4.69) is 15.7 Å². The van der Waals surface area contributed by atoms with Gasteiger partial charge < -0.3 is 10.6 Å². The van der Waals surface area contributed by atoms with Gasteiger partial charge in [0.15, 0.2) is 0 Å². The summed E-state index contributed by atoms with van der Waals surface area (Å²) >= 11 is 1.56. The monoisotopic (exact) mass is 354 g/mol. The van der Waals surface area contributed by atoms with Crippen LogP contribution in [0.4, 0.5) is 10.5 Å². The number of benzene rings is 1. The van der Waals surface area contributed by atoms with E-state index in [9.17, 15) is 9.59 Å². The normalized spacial score (nSPS) is 10.4. The third-order valence-electron chi connectivity index (χ3n) is 3.53. The Morgan fingerprint density at radius 2 is 2.08 bits per heavy atom. The molecule has 6 nitrogen and oxygen atoms in total. The first kappa shape index (κ1) is 16.9. The highest BCUT2D eigenvalue weighted by Crippen LogP contribution is 2.20. The molecule has 25 heavy (non-hydrogen) atoms. The molecule has 0 aliphatic carbocycles. The molecule has 128 valence electrons. The van der Waals surface area contributed by atoms with Crippen molar-refractivity contribution in [2.45, 2.75) is 13.5 Å². The Kier molecular flexibility index (Phi) is 5.25. The Balaban J connectivity index is 1.57. The Labute approximate surface area is 149 Å². The van der Waals surface area contributed by atoms with Crippen LogP contribution in [0, 0.1) is 6.92 Å². The highest BCUT2D eigenvalue weighted by atomic mass is 32.1. The zero-order valence-electron chi connectivity index (χ0n) is 13.7. The molecule has 2 heterocycles. The number of thiophene rings is 1. The highest BCUT2D eigenvalue weighted by molar-refractivity contribution is 7.13. The lowest BCUT2D eigenvalue weighted by atomic mass is 10.2. The molecule has 0 unspecified atom stereocenters. The molecule has 2 amide bonds. The van der Waals surface area contributed by atoms with Gasteiger partial charge in [-0.15, -0.1) is 11.3 Å². The number of rotatable bonds is 5. The van der Waals surface area contributed by atoms with Gasteiger partial charge in [0, 0.05) is 18.3 Å². The second kappa shape index (κ2) is 7.76. The number of hydrogen-bond donors (Lipinski definition) is 2. The van der Waals surface area contributed by atoms with Crippen LogP contribution < -0.4 is 16.2 Å². The molecular weight excluding hydrogens is 336 g/mol. The Morgan fingerprint density at radius 3 is 2.84 bits per heavy atom. The van der Waals surface area contributed by atoms with E-state index in [4.69, 9.17) is 0 Å². The summed E-state index contributed by atoms with van der Waals surface area (Å²) < 4.78 is 1.36. The smallest absolute Gasteiger partial charge is 0.319 e. The van der Waals surface area contributed by atoms with Crippen molar-refractivity contribution in [3.8, 4) is 10.6 Å². The summed E-state index contributed by atoms with van der Waals surface area (Å²) in [4.78, 5) is 24.8. The van der Waals surface area contributed by atoms with Crippen LogP contribution in [0.2, 0.25) is 0 Å². The number of nitrogens with one attached hydrogen (secondary N) is 2. The number of anilines is 1. The van der Waals surface area contributed by atoms with E-state index < -0.39 is 0 Å². The molecule has 0 saturated heterocycles. The first-order valence-electron chi connectivity index (χ1n) is 7.85. The van der Waals surface area contributed by atoms with Crippen molar-refractivity contribution in [1.82, 2.24) is 15.1 Å². The maximum atomic E-state index is 11.9. The molecule has 0 aliphatic heterocycles. The number of aryl methyl sites for hydroxylation is 1. The van der Waals surface area contributed by atoms with Crippen LogP contribution in [0.15, 0.2) is 58.7 Å². The van der Waals surface area contributed by atoms with Crippen LogP contribution >= 0.6 is 11.3 Å². The Hall–Kier alpha value is -2.93. The lowest BCUT2D eigenvalue weighted by Crippen LogP contribution is -2.34. The fourth-order valence-corrected chi connectivity index (χ4v) is 3.03. The van der Waals surface area contributed by atoms with Gasteiger partial charge in [0.25, 0.3) is 5.56 Å². The lowest BCUT2D eigenvalue weighted by Gasteiger charge is -2.09. The molecule has 3 aromatic rings. The zero-order valence-corrected chi connectivity index (χ0v) is 14.5. The second-order valence-corrected chi connectivity index (χ2v) is 6.46. The van der Waals surface area contributed by atoms with Crippen molar-refractivity contribution in [2.24, 2.45) is 0 Å². The number of carbonyl (C=O) groups is 1. The summed E-state index contributed by atoms with van der Waals surface area (Å²) in [6.07, 6.45) is 0. The van der Waals surface area contributed by atoms with Gasteiger partial charge >= 0.3 is 6.03 Å². The van der Waals surface area contributed by atoms with E-state index in [0.717, 1.165) is 21.8 Å². The Morgan fingerprint density at radius 1 is 1.20 bits per heavy atom. The molecule has 3 rings (SSSR count). The fourth-order valence-electron chi connectivity index (χ4n) is 2.34. The van der Waals surface area contributed by atoms with Gasteiger partial charge in [-0.1, -0.05) is 18.2 Å². The fraction of sp³-hybridized carbons (Fsp3) is 0.167. The van der Waals surface area contributed by atoms with Gasteiger partial charge in [0.1, 0.15) is 5.69 Å². The van der Waals surface area contributed by atoms with E-state index >= 15 is 0 Å². The molecule has 0 bridgehead atoms. The van der Waals surface area contributed by atoms with Crippen LogP contribution in [0.5, 0.6) is 0 Å². The van der Waals surface area contributed by atoms with Crippen LogP contribution in [-0.4, -0.2) is 22.4 Å². The molecule has 2 aromatic heterocycles. The number of aromatic nitrogens is 2. The van der Waals surface area contributed by atoms with Crippen molar-refractivity contribution in [2.75, 3.05) is 11.9 Å². The maximum Gasteiger partial charge on any atom is 0.319 e. The van der Waals surface area contributed by atoms with Crippen LogP contribution in [0.3, 0.4) is 0 Å². The van der Waals surface area contributed by atoms with E-state index in [0.29, 0.717) is 13.1 Å². The molecular formula is C18H18N4O2S. The molecule has 1 aromatic carbocycles. The minimum atomic E-state index is -0.312. The van der Waals surface area contributed by atoms with E-state index in [1.54, 1.807) is 17.4 Å². The SMILES string of the molecule is Cc1cccc(NC(=O)NCCn2nc(-c3cccs3)ccc2=O)c1. The van der Waals surface area contributed by atoms with Gasteiger partial charge in [0.05, 0.1) is 11.4 Å². The summed E-state index contributed by atoms with van der Waals surface area (Å²) in [5.41, 5.74) is 2.35. The van der Waals surface area contributed by atoms with Crippen molar-refractivity contribution in [3.63, 3.8) is 0 Å². The highest BCUT2D eigenvalue weighted by Gasteiger charge is 2.05. The van der Waals surface area contributed by atoms with Crippen LogP contribution in [0.25, 0.3) is 10.6 Å². The summed E-state index contributed by atoms with van der Waals surface area (Å²) in [5.74, 6) is 0. The summed E-state index contributed by atoms with van der Waals surface area (Å²) in [5, 5.41) is 11.8. The number of hydrogen-bond acceptors (Lipinski definition) is 4. The van der Waals surface area contributed by atoms with Crippen molar-refractivity contribution < 1.29 is 4.79 Å². The first-order valence-corrected chi connectivity index (χ1v) is 8.73. The van der Waals surface area contributed by atoms with Gasteiger partial charge in [-0.2, -0.15) is 5.10 Å². The van der Waals surface area contributed by atoms with Crippen LogP contribution in [-0.2, 0) is 6.54 Å². The minimum Gasteiger partial charge on any atom is -0.336 e. The van der Waals surface area contributed by atoms with Crippen molar-refractivity contribution in [3.05, 3.63) is 69.8 Å². The third-order valence-corrected chi connectivity index (χ3v) is 4.42. The third kappa shape index (κ3) is 4.54. The first-order chi connectivity index (χ1) is 12.1. The van der Waals surface area contributed by atoms with Gasteiger partial charge in [-0.05, 0) is 42.1 Å². The maximum absolute atomic E-state index is 11.9. The molecule has 0 atom stereocenters. The van der Waals surface area contributed by atoms with Crippen molar-refractivity contribution >= 4 is 23.1 Å². The standard InChI is InChI=1S/C18H18N4O2S/c1-13-4-2-5-14(12-13)20-18(24)19-9-10-22-17(23)8-7-15(21-22)16-6-3-11-25-16/h2-8,11-12H,9-10H2,1H3,(H2,19,20,24). The molecule has 0 fully saturated rings. The average molecular weight is 354 g/mol. The number of carbonyl (C=O) groups excluding carboxylic acids is 1. The molecule has 0 saturated carbocycles.